The Bertz CT molecular complexity index is 975. The summed E-state index contributed by atoms with van der Waals surface area (Å²) in [7, 11) is 0. The molecule has 0 heterocycles. The highest BCUT2D eigenvalue weighted by Gasteiger charge is 2.12. The number of anilines is 1. The first-order chi connectivity index (χ1) is 13.0. The zero-order valence-corrected chi connectivity index (χ0v) is 15.7. The van der Waals surface area contributed by atoms with Crippen LogP contribution in [-0.4, -0.2) is 11.8 Å². The standard InChI is InChI=1S/C21H16Cl2N2O2/c22-17-9-10-19(18(23)12-17)25-21(27)16-8-4-7-15(11-16)20(26)24-13-14-5-2-1-3-6-14/h1-12H,13H2,(H,24,26)(H,25,27). The monoisotopic (exact) mass is 398 g/mol. The van der Waals surface area contributed by atoms with E-state index in [1.807, 2.05) is 30.3 Å². The molecule has 0 radical (unpaired) electrons. The van der Waals surface area contributed by atoms with Crippen LogP contribution in [0.1, 0.15) is 26.3 Å². The minimum atomic E-state index is -0.364. The molecule has 0 aliphatic heterocycles. The van der Waals surface area contributed by atoms with Crippen LogP contribution in [0, 0.1) is 0 Å². The van der Waals surface area contributed by atoms with Gasteiger partial charge in [-0.3, -0.25) is 9.59 Å². The topological polar surface area (TPSA) is 58.2 Å². The molecule has 0 aliphatic rings. The van der Waals surface area contributed by atoms with Crippen molar-refractivity contribution in [1.29, 1.82) is 0 Å². The summed E-state index contributed by atoms with van der Waals surface area (Å²) in [4.78, 5) is 24.8. The number of nitrogens with one attached hydrogen (secondary N) is 2. The predicted molar refractivity (Wildman–Crippen MR) is 108 cm³/mol. The van der Waals surface area contributed by atoms with Crippen LogP contribution in [0.15, 0.2) is 72.8 Å². The van der Waals surface area contributed by atoms with Crippen molar-refractivity contribution < 1.29 is 9.59 Å². The molecule has 0 aromatic heterocycles. The van der Waals surface area contributed by atoms with Crippen molar-refractivity contribution in [3.8, 4) is 0 Å². The molecule has 0 bridgehead atoms. The molecule has 0 saturated carbocycles. The van der Waals surface area contributed by atoms with Crippen LogP contribution in [0.3, 0.4) is 0 Å². The number of carbonyl (C=O) groups is 2. The second kappa shape index (κ2) is 8.71. The zero-order valence-electron chi connectivity index (χ0n) is 14.2. The summed E-state index contributed by atoms with van der Waals surface area (Å²) in [5.41, 5.74) is 2.20. The third-order valence-corrected chi connectivity index (χ3v) is 4.41. The summed E-state index contributed by atoms with van der Waals surface area (Å²) in [5, 5.41) is 6.38. The smallest absolute Gasteiger partial charge is 0.255 e. The Morgan fingerprint density at radius 2 is 1.48 bits per heavy atom. The molecule has 4 nitrogen and oxygen atoms in total. The Balaban J connectivity index is 1.68. The molecule has 0 spiro atoms. The molecule has 136 valence electrons. The lowest BCUT2D eigenvalue weighted by atomic mass is 10.1. The maximum absolute atomic E-state index is 12.5. The fraction of sp³-hybridized carbons (Fsp3) is 0.0476. The highest BCUT2D eigenvalue weighted by atomic mass is 35.5. The molecule has 3 aromatic carbocycles. The number of carbonyl (C=O) groups excluding carboxylic acids is 2. The second-order valence-corrected chi connectivity index (χ2v) is 6.67. The van der Waals surface area contributed by atoms with Crippen LogP contribution >= 0.6 is 23.2 Å². The number of rotatable bonds is 5. The van der Waals surface area contributed by atoms with Gasteiger partial charge in [0, 0.05) is 22.7 Å². The highest BCUT2D eigenvalue weighted by molar-refractivity contribution is 6.36. The molecule has 2 N–H and O–H groups in total. The number of benzene rings is 3. The number of halogens is 2. The molecule has 3 rings (SSSR count). The van der Waals surface area contributed by atoms with E-state index in [4.69, 9.17) is 23.2 Å². The summed E-state index contributed by atoms with van der Waals surface area (Å²) in [5.74, 6) is -0.616. The quantitative estimate of drug-likeness (QED) is 0.622. The van der Waals surface area contributed by atoms with Gasteiger partial charge in [-0.15, -0.1) is 0 Å². The molecule has 2 amide bonds. The van der Waals surface area contributed by atoms with E-state index in [1.54, 1.807) is 42.5 Å². The van der Waals surface area contributed by atoms with Gasteiger partial charge in [0.15, 0.2) is 0 Å². The molecule has 0 unspecified atom stereocenters. The van der Waals surface area contributed by atoms with Crippen LogP contribution in [0.5, 0.6) is 0 Å². The minimum absolute atomic E-state index is 0.252. The van der Waals surface area contributed by atoms with Crippen molar-refractivity contribution in [3.05, 3.63) is 99.5 Å². The molecule has 0 aliphatic carbocycles. The van der Waals surface area contributed by atoms with E-state index in [-0.39, 0.29) is 11.8 Å². The Morgan fingerprint density at radius 1 is 0.778 bits per heavy atom. The van der Waals surface area contributed by atoms with Crippen molar-refractivity contribution in [2.24, 2.45) is 0 Å². The maximum atomic E-state index is 12.5. The van der Waals surface area contributed by atoms with Crippen molar-refractivity contribution in [1.82, 2.24) is 5.32 Å². The van der Waals surface area contributed by atoms with Gasteiger partial charge in [-0.05, 0) is 42.0 Å². The lowest BCUT2D eigenvalue weighted by molar-refractivity contribution is 0.0951. The Hall–Kier alpha value is -2.82. The maximum Gasteiger partial charge on any atom is 0.255 e. The molecule has 0 atom stereocenters. The summed E-state index contributed by atoms with van der Waals surface area (Å²) in [6.07, 6.45) is 0. The van der Waals surface area contributed by atoms with Gasteiger partial charge in [-0.2, -0.15) is 0 Å². The zero-order chi connectivity index (χ0) is 19.2. The largest absolute Gasteiger partial charge is 0.348 e. The van der Waals surface area contributed by atoms with Crippen molar-refractivity contribution in [2.45, 2.75) is 6.54 Å². The van der Waals surface area contributed by atoms with Crippen LogP contribution in [0.25, 0.3) is 0 Å². The normalized spacial score (nSPS) is 10.3. The van der Waals surface area contributed by atoms with Gasteiger partial charge in [-0.25, -0.2) is 0 Å². The molecular weight excluding hydrogens is 383 g/mol. The van der Waals surface area contributed by atoms with Crippen molar-refractivity contribution >= 4 is 40.7 Å². The van der Waals surface area contributed by atoms with Gasteiger partial charge in [0.1, 0.15) is 0 Å². The third kappa shape index (κ3) is 5.09. The first kappa shape index (κ1) is 19.0. The van der Waals surface area contributed by atoms with Gasteiger partial charge in [-0.1, -0.05) is 59.6 Å². The number of hydrogen-bond acceptors (Lipinski definition) is 2. The van der Waals surface area contributed by atoms with Crippen molar-refractivity contribution in [2.75, 3.05) is 5.32 Å². The summed E-state index contributed by atoms with van der Waals surface area (Å²) < 4.78 is 0. The van der Waals surface area contributed by atoms with E-state index in [0.29, 0.717) is 33.4 Å². The average Bonchev–Trinajstić information content (AvgIpc) is 2.69. The third-order valence-electron chi connectivity index (χ3n) is 3.86. The first-order valence-corrected chi connectivity index (χ1v) is 8.97. The van der Waals surface area contributed by atoms with E-state index >= 15 is 0 Å². The highest BCUT2D eigenvalue weighted by Crippen LogP contribution is 2.25. The molecule has 6 heteroatoms. The second-order valence-electron chi connectivity index (χ2n) is 5.83. The van der Waals surface area contributed by atoms with Gasteiger partial charge in [0.05, 0.1) is 10.7 Å². The Kier molecular flexibility index (Phi) is 6.12. The van der Waals surface area contributed by atoms with Crippen LogP contribution in [0.4, 0.5) is 5.69 Å². The number of amides is 2. The summed E-state index contributed by atoms with van der Waals surface area (Å²) in [6.45, 7) is 0.413. The molecule has 3 aromatic rings. The Morgan fingerprint density at radius 3 is 2.19 bits per heavy atom. The van der Waals surface area contributed by atoms with Crippen molar-refractivity contribution in [3.63, 3.8) is 0 Å². The molecule has 0 fully saturated rings. The summed E-state index contributed by atoms with van der Waals surface area (Å²) >= 11 is 11.9. The number of hydrogen-bond donors (Lipinski definition) is 2. The van der Waals surface area contributed by atoms with E-state index < -0.39 is 0 Å². The molecular formula is C21H16Cl2N2O2. The first-order valence-electron chi connectivity index (χ1n) is 8.21. The fourth-order valence-corrected chi connectivity index (χ4v) is 2.92. The van der Waals surface area contributed by atoms with Crippen LogP contribution in [0.2, 0.25) is 10.0 Å². The van der Waals surface area contributed by atoms with E-state index in [9.17, 15) is 9.59 Å². The average molecular weight is 399 g/mol. The van der Waals surface area contributed by atoms with E-state index in [2.05, 4.69) is 10.6 Å². The summed E-state index contributed by atoms with van der Waals surface area (Å²) in [6, 6.07) is 20.9. The lowest BCUT2D eigenvalue weighted by Gasteiger charge is -2.09. The van der Waals surface area contributed by atoms with Gasteiger partial charge < -0.3 is 10.6 Å². The SMILES string of the molecule is O=C(NCc1ccccc1)c1cccc(C(=O)Nc2ccc(Cl)cc2Cl)c1. The van der Waals surface area contributed by atoms with Gasteiger partial charge >= 0.3 is 0 Å². The lowest BCUT2D eigenvalue weighted by Crippen LogP contribution is -2.23. The fourth-order valence-electron chi connectivity index (χ4n) is 2.47. The predicted octanol–water partition coefficient (Wildman–Crippen LogP) is 5.18. The molecule has 27 heavy (non-hydrogen) atoms. The molecule has 0 saturated heterocycles. The Labute approximate surface area is 167 Å². The van der Waals surface area contributed by atoms with Gasteiger partial charge in [0.2, 0.25) is 0 Å². The minimum Gasteiger partial charge on any atom is -0.348 e. The van der Waals surface area contributed by atoms with Crippen LogP contribution < -0.4 is 10.6 Å². The van der Waals surface area contributed by atoms with E-state index in [1.165, 1.54) is 0 Å². The van der Waals surface area contributed by atoms with E-state index in [0.717, 1.165) is 5.56 Å². The van der Waals surface area contributed by atoms with Crippen LogP contribution in [-0.2, 0) is 6.54 Å². The van der Waals surface area contributed by atoms with Gasteiger partial charge in [0.25, 0.3) is 11.8 Å².